The quantitative estimate of drug-likeness (QED) is 0.311. The molecule has 0 saturated carbocycles. The zero-order valence-corrected chi connectivity index (χ0v) is 22.1. The van der Waals surface area contributed by atoms with Crippen LogP contribution >= 0.6 is 0 Å². The van der Waals surface area contributed by atoms with Crippen LogP contribution in [0.1, 0.15) is 48.7 Å². The van der Waals surface area contributed by atoms with E-state index in [4.69, 9.17) is 0 Å². The van der Waals surface area contributed by atoms with Crippen molar-refractivity contribution in [3.63, 3.8) is 0 Å². The molecule has 0 fully saturated rings. The summed E-state index contributed by atoms with van der Waals surface area (Å²) in [7, 11) is 1.42. The van der Waals surface area contributed by atoms with Gasteiger partial charge >= 0.3 is 5.97 Å². The van der Waals surface area contributed by atoms with Crippen molar-refractivity contribution in [2.75, 3.05) is 0 Å². The van der Waals surface area contributed by atoms with Gasteiger partial charge in [0, 0.05) is 30.9 Å². The average Bonchev–Trinajstić information content (AvgIpc) is 2.85. The summed E-state index contributed by atoms with van der Waals surface area (Å²) in [4.78, 5) is 50.1. The summed E-state index contributed by atoms with van der Waals surface area (Å²) in [5.74, 6) is -11.0. The lowest BCUT2D eigenvalue weighted by Gasteiger charge is -2.25. The SMILES string of the molecule is CC(C)C[C@H](NC(=O)c1cccn(C)c1=O)C(=O)N[C@@H](CC(=O)O)c1cc(-c2c(F)cc(F)cc2F)cc(F)c1F. The molecule has 3 rings (SSSR count). The fourth-order valence-electron chi connectivity index (χ4n) is 4.22. The highest BCUT2D eigenvalue weighted by Gasteiger charge is 2.30. The van der Waals surface area contributed by atoms with Crippen molar-refractivity contribution in [1.82, 2.24) is 15.2 Å². The van der Waals surface area contributed by atoms with E-state index in [0.29, 0.717) is 18.2 Å². The average molecular weight is 580 g/mol. The van der Waals surface area contributed by atoms with Crippen molar-refractivity contribution in [1.29, 1.82) is 0 Å². The van der Waals surface area contributed by atoms with Gasteiger partial charge in [-0.2, -0.15) is 0 Å². The van der Waals surface area contributed by atoms with Crippen LogP contribution in [0, 0.1) is 35.0 Å². The lowest BCUT2D eigenvalue weighted by Crippen LogP contribution is -2.49. The van der Waals surface area contributed by atoms with Crippen molar-refractivity contribution in [3.8, 4) is 11.1 Å². The number of aromatic nitrogens is 1. The first-order valence-electron chi connectivity index (χ1n) is 12.3. The molecular formula is C28H26F5N3O5. The second-order valence-corrected chi connectivity index (χ2v) is 9.76. The number of benzene rings is 2. The molecule has 41 heavy (non-hydrogen) atoms. The van der Waals surface area contributed by atoms with Gasteiger partial charge in [0.25, 0.3) is 11.5 Å². The van der Waals surface area contributed by atoms with Crippen LogP contribution in [0.3, 0.4) is 0 Å². The van der Waals surface area contributed by atoms with E-state index in [1.54, 1.807) is 13.8 Å². The largest absolute Gasteiger partial charge is 0.481 e. The maximum atomic E-state index is 15.0. The molecule has 3 aromatic rings. The highest BCUT2D eigenvalue weighted by molar-refractivity contribution is 5.97. The van der Waals surface area contributed by atoms with Crippen LogP contribution in [0.25, 0.3) is 11.1 Å². The third-order valence-corrected chi connectivity index (χ3v) is 6.12. The summed E-state index contributed by atoms with van der Waals surface area (Å²) in [6.07, 6.45) is 0.439. The number of nitrogens with one attached hydrogen (secondary N) is 2. The van der Waals surface area contributed by atoms with E-state index in [0.717, 1.165) is 10.6 Å². The first kappa shape index (κ1) is 31.0. The number of nitrogens with zero attached hydrogens (tertiary/aromatic N) is 1. The van der Waals surface area contributed by atoms with Gasteiger partial charge in [0.2, 0.25) is 5.91 Å². The molecule has 3 N–H and O–H groups in total. The summed E-state index contributed by atoms with van der Waals surface area (Å²) in [6.45, 7) is 3.43. The van der Waals surface area contributed by atoms with Crippen LogP contribution in [0.2, 0.25) is 0 Å². The molecule has 0 saturated heterocycles. The molecule has 0 radical (unpaired) electrons. The van der Waals surface area contributed by atoms with E-state index in [2.05, 4.69) is 10.6 Å². The van der Waals surface area contributed by atoms with E-state index in [1.807, 2.05) is 0 Å². The number of carbonyl (C=O) groups excluding carboxylic acids is 2. The van der Waals surface area contributed by atoms with Crippen molar-refractivity contribution in [2.45, 2.75) is 38.8 Å². The number of halogens is 5. The summed E-state index contributed by atoms with van der Waals surface area (Å²) in [5, 5.41) is 14.1. The van der Waals surface area contributed by atoms with Crippen molar-refractivity contribution < 1.29 is 41.4 Å². The topological polar surface area (TPSA) is 118 Å². The van der Waals surface area contributed by atoms with Gasteiger partial charge in [-0.15, -0.1) is 0 Å². The molecule has 0 spiro atoms. The Bertz CT molecular complexity index is 1530. The number of pyridine rings is 1. The number of aryl methyl sites for hydroxylation is 1. The Kier molecular flexibility index (Phi) is 9.63. The number of carboxylic acid groups (broad SMARTS) is 1. The third-order valence-electron chi connectivity index (χ3n) is 6.12. The summed E-state index contributed by atoms with van der Waals surface area (Å²) in [5.41, 5.74) is -3.16. The van der Waals surface area contributed by atoms with Crippen LogP contribution in [0.5, 0.6) is 0 Å². The Labute approximate surface area is 230 Å². The van der Waals surface area contributed by atoms with Gasteiger partial charge in [0.1, 0.15) is 29.1 Å². The number of rotatable bonds is 10. The van der Waals surface area contributed by atoms with E-state index < -0.39 is 87.6 Å². The van der Waals surface area contributed by atoms with E-state index >= 15 is 0 Å². The predicted octanol–water partition coefficient (Wildman–Crippen LogP) is 4.22. The Hall–Kier alpha value is -4.55. The van der Waals surface area contributed by atoms with Gasteiger partial charge in [-0.25, -0.2) is 22.0 Å². The smallest absolute Gasteiger partial charge is 0.305 e. The summed E-state index contributed by atoms with van der Waals surface area (Å²) in [6, 6.07) is 1.42. The fourth-order valence-corrected chi connectivity index (χ4v) is 4.22. The zero-order chi connectivity index (χ0) is 30.6. The molecular weight excluding hydrogens is 553 g/mol. The Balaban J connectivity index is 2.01. The maximum absolute atomic E-state index is 15.0. The normalized spacial score (nSPS) is 12.6. The standard InChI is InChI=1S/C28H26F5N3O5/c1-13(2)7-22(35-26(39)16-5-4-6-36(3)28(16)41)27(40)34-21(12-23(37)38)17-8-14(9-20(32)25(17)33)24-18(30)10-15(29)11-19(24)31/h4-6,8-11,13,21-22H,7,12H2,1-3H3,(H,34,40)(H,35,39)(H,37,38)/t21-,22-/m0/s1. The third kappa shape index (κ3) is 7.35. The zero-order valence-electron chi connectivity index (χ0n) is 22.1. The lowest BCUT2D eigenvalue weighted by atomic mass is 9.95. The molecule has 0 aliphatic rings. The monoisotopic (exact) mass is 579 g/mol. The lowest BCUT2D eigenvalue weighted by molar-refractivity contribution is -0.137. The Morgan fingerprint density at radius 3 is 2.17 bits per heavy atom. The van der Waals surface area contributed by atoms with E-state index in [1.165, 1.54) is 25.4 Å². The van der Waals surface area contributed by atoms with Gasteiger partial charge in [-0.1, -0.05) is 13.8 Å². The molecule has 13 heteroatoms. The van der Waals surface area contributed by atoms with Crippen molar-refractivity contribution in [3.05, 3.63) is 93.2 Å². The van der Waals surface area contributed by atoms with Crippen LogP contribution < -0.4 is 16.2 Å². The molecule has 0 unspecified atom stereocenters. The van der Waals surface area contributed by atoms with Gasteiger partial charge in [0.15, 0.2) is 11.6 Å². The van der Waals surface area contributed by atoms with Crippen molar-refractivity contribution >= 4 is 17.8 Å². The summed E-state index contributed by atoms with van der Waals surface area (Å²) < 4.78 is 72.9. The molecule has 2 aromatic carbocycles. The van der Waals surface area contributed by atoms with Crippen LogP contribution in [0.4, 0.5) is 22.0 Å². The van der Waals surface area contributed by atoms with Gasteiger partial charge < -0.3 is 20.3 Å². The minimum absolute atomic E-state index is 0.00734. The second kappa shape index (κ2) is 12.7. The van der Waals surface area contributed by atoms with Gasteiger partial charge in [-0.05, 0) is 42.2 Å². The van der Waals surface area contributed by atoms with Crippen LogP contribution in [0.15, 0.2) is 47.4 Å². The van der Waals surface area contributed by atoms with E-state index in [-0.39, 0.29) is 17.9 Å². The molecule has 1 aromatic heterocycles. The fraction of sp³-hybridized carbons (Fsp3) is 0.286. The molecule has 1 heterocycles. The second-order valence-electron chi connectivity index (χ2n) is 9.76. The maximum Gasteiger partial charge on any atom is 0.305 e. The molecule has 2 amide bonds. The highest BCUT2D eigenvalue weighted by Crippen LogP contribution is 2.33. The molecule has 0 aliphatic heterocycles. The predicted molar refractivity (Wildman–Crippen MR) is 137 cm³/mol. The number of carbonyl (C=O) groups is 3. The number of hydrogen-bond donors (Lipinski definition) is 3. The Morgan fingerprint density at radius 1 is 0.951 bits per heavy atom. The molecule has 2 atom stereocenters. The highest BCUT2D eigenvalue weighted by atomic mass is 19.2. The molecule has 218 valence electrons. The first-order chi connectivity index (χ1) is 19.2. The van der Waals surface area contributed by atoms with Crippen LogP contribution in [-0.4, -0.2) is 33.5 Å². The first-order valence-corrected chi connectivity index (χ1v) is 12.3. The molecule has 8 nitrogen and oxygen atoms in total. The number of carboxylic acids is 1. The number of amides is 2. The molecule has 0 bridgehead atoms. The van der Waals surface area contributed by atoms with Gasteiger partial charge in [-0.3, -0.25) is 19.2 Å². The number of aliphatic carboxylic acids is 1. The Morgan fingerprint density at radius 2 is 1.59 bits per heavy atom. The van der Waals surface area contributed by atoms with Gasteiger partial charge in [0.05, 0.1) is 18.0 Å². The minimum atomic E-state index is -1.77. The minimum Gasteiger partial charge on any atom is -0.481 e. The van der Waals surface area contributed by atoms with Crippen molar-refractivity contribution in [2.24, 2.45) is 13.0 Å². The molecule has 0 aliphatic carbocycles. The van der Waals surface area contributed by atoms with Crippen LogP contribution in [-0.2, 0) is 16.6 Å². The number of hydrogen-bond acceptors (Lipinski definition) is 4. The summed E-state index contributed by atoms with van der Waals surface area (Å²) >= 11 is 0. The van der Waals surface area contributed by atoms with E-state index in [9.17, 15) is 46.2 Å².